The van der Waals surface area contributed by atoms with Gasteiger partial charge >= 0.3 is 0 Å². The first-order valence-electron chi connectivity index (χ1n) is 4.95. The van der Waals surface area contributed by atoms with E-state index in [1.807, 2.05) is 51.1 Å². The average Bonchev–Trinajstić information content (AvgIpc) is 2.15. The maximum atomic E-state index is 9.98. The quantitative estimate of drug-likeness (QED) is 0.770. The highest BCUT2D eigenvalue weighted by Crippen LogP contribution is 2.24. The molecule has 0 saturated heterocycles. The predicted octanol–water partition coefficient (Wildman–Crippen LogP) is 1.89. The molecule has 0 saturated carbocycles. The van der Waals surface area contributed by atoms with Gasteiger partial charge in [-0.1, -0.05) is 37.3 Å². The van der Waals surface area contributed by atoms with Gasteiger partial charge in [-0.25, -0.2) is 0 Å². The van der Waals surface area contributed by atoms with Crippen LogP contribution in [-0.2, 0) is 0 Å². The van der Waals surface area contributed by atoms with E-state index < -0.39 is 11.6 Å². The van der Waals surface area contributed by atoms with Gasteiger partial charge in [0.15, 0.2) is 0 Å². The Morgan fingerprint density at radius 2 is 1.71 bits per heavy atom. The normalized spacial score (nSPS) is 16.4. The van der Waals surface area contributed by atoms with Crippen molar-refractivity contribution in [1.29, 1.82) is 0 Å². The lowest BCUT2D eigenvalue weighted by molar-refractivity contribution is 0.0821. The standard InChI is InChI=1S/C12H19NO/c1-9(11(14)12(2,3)13)10-7-5-4-6-8-10/h4-9,11,14H,13H2,1-3H3. The van der Waals surface area contributed by atoms with Crippen LogP contribution in [0.5, 0.6) is 0 Å². The first-order valence-corrected chi connectivity index (χ1v) is 4.95. The van der Waals surface area contributed by atoms with Crippen molar-refractivity contribution in [2.75, 3.05) is 0 Å². The Hall–Kier alpha value is -0.860. The molecule has 3 N–H and O–H groups in total. The zero-order valence-corrected chi connectivity index (χ0v) is 9.07. The van der Waals surface area contributed by atoms with E-state index in [0.29, 0.717) is 0 Å². The molecular weight excluding hydrogens is 174 g/mol. The molecule has 2 atom stereocenters. The van der Waals surface area contributed by atoms with E-state index in [4.69, 9.17) is 5.73 Å². The minimum absolute atomic E-state index is 0.0659. The molecule has 0 heterocycles. The highest BCUT2D eigenvalue weighted by Gasteiger charge is 2.28. The average molecular weight is 193 g/mol. The third kappa shape index (κ3) is 2.56. The molecule has 0 spiro atoms. The van der Waals surface area contributed by atoms with Gasteiger partial charge in [0.05, 0.1) is 6.10 Å². The fraction of sp³-hybridized carbons (Fsp3) is 0.500. The van der Waals surface area contributed by atoms with Gasteiger partial charge in [-0.15, -0.1) is 0 Å². The van der Waals surface area contributed by atoms with Crippen molar-refractivity contribution in [3.05, 3.63) is 35.9 Å². The molecule has 0 aliphatic rings. The number of nitrogens with two attached hydrogens (primary N) is 1. The third-order valence-electron chi connectivity index (χ3n) is 2.56. The Morgan fingerprint density at radius 3 is 2.14 bits per heavy atom. The van der Waals surface area contributed by atoms with Gasteiger partial charge < -0.3 is 10.8 Å². The van der Waals surface area contributed by atoms with Crippen molar-refractivity contribution in [1.82, 2.24) is 0 Å². The molecular formula is C12H19NO. The van der Waals surface area contributed by atoms with E-state index in [-0.39, 0.29) is 5.92 Å². The van der Waals surface area contributed by atoms with E-state index in [9.17, 15) is 5.11 Å². The van der Waals surface area contributed by atoms with E-state index in [2.05, 4.69) is 0 Å². The molecule has 0 aliphatic heterocycles. The summed E-state index contributed by atoms with van der Waals surface area (Å²) >= 11 is 0. The van der Waals surface area contributed by atoms with Crippen molar-refractivity contribution in [2.24, 2.45) is 5.73 Å². The molecule has 0 aliphatic carbocycles. The van der Waals surface area contributed by atoms with Gasteiger partial charge in [0, 0.05) is 11.5 Å². The zero-order chi connectivity index (χ0) is 10.8. The smallest absolute Gasteiger partial charge is 0.0779 e. The third-order valence-corrected chi connectivity index (χ3v) is 2.56. The van der Waals surface area contributed by atoms with E-state index in [0.717, 1.165) is 5.56 Å². The Labute approximate surface area is 85.8 Å². The van der Waals surface area contributed by atoms with Crippen molar-refractivity contribution < 1.29 is 5.11 Å². The molecule has 0 bridgehead atoms. The van der Waals surface area contributed by atoms with Crippen LogP contribution in [0.3, 0.4) is 0 Å². The Morgan fingerprint density at radius 1 is 1.21 bits per heavy atom. The van der Waals surface area contributed by atoms with Crippen LogP contribution in [-0.4, -0.2) is 16.7 Å². The summed E-state index contributed by atoms with van der Waals surface area (Å²) in [6, 6.07) is 9.94. The van der Waals surface area contributed by atoms with E-state index in [1.165, 1.54) is 0 Å². The van der Waals surface area contributed by atoms with Gasteiger partial charge in [0.2, 0.25) is 0 Å². The molecule has 0 aromatic heterocycles. The first-order chi connectivity index (χ1) is 6.43. The molecule has 0 radical (unpaired) electrons. The number of aliphatic hydroxyl groups excluding tert-OH is 1. The summed E-state index contributed by atoms with van der Waals surface area (Å²) in [7, 11) is 0. The van der Waals surface area contributed by atoms with Gasteiger partial charge in [0.1, 0.15) is 0 Å². The topological polar surface area (TPSA) is 46.2 Å². The number of hydrogen-bond donors (Lipinski definition) is 2. The SMILES string of the molecule is CC(c1ccccc1)C(O)C(C)(C)N. The molecule has 2 nitrogen and oxygen atoms in total. The lowest BCUT2D eigenvalue weighted by Gasteiger charge is -2.31. The van der Waals surface area contributed by atoms with Crippen LogP contribution in [0.15, 0.2) is 30.3 Å². The van der Waals surface area contributed by atoms with Gasteiger partial charge in [-0.05, 0) is 19.4 Å². The van der Waals surface area contributed by atoms with Crippen molar-refractivity contribution in [3.8, 4) is 0 Å². The van der Waals surface area contributed by atoms with Crippen LogP contribution >= 0.6 is 0 Å². The molecule has 2 heteroatoms. The van der Waals surface area contributed by atoms with Crippen LogP contribution in [0.4, 0.5) is 0 Å². The van der Waals surface area contributed by atoms with Crippen LogP contribution in [0.2, 0.25) is 0 Å². The number of rotatable bonds is 3. The Kier molecular flexibility index (Phi) is 3.29. The van der Waals surface area contributed by atoms with Gasteiger partial charge in [-0.3, -0.25) is 0 Å². The number of aliphatic hydroxyl groups is 1. The highest BCUT2D eigenvalue weighted by atomic mass is 16.3. The highest BCUT2D eigenvalue weighted by molar-refractivity contribution is 5.21. The van der Waals surface area contributed by atoms with Crippen molar-refractivity contribution in [2.45, 2.75) is 38.3 Å². The minimum Gasteiger partial charge on any atom is -0.391 e. The summed E-state index contributed by atoms with van der Waals surface area (Å²) < 4.78 is 0. The fourth-order valence-corrected chi connectivity index (χ4v) is 1.58. The Balaban J connectivity index is 2.81. The number of hydrogen-bond acceptors (Lipinski definition) is 2. The lowest BCUT2D eigenvalue weighted by atomic mass is 9.85. The van der Waals surface area contributed by atoms with Crippen LogP contribution in [0.1, 0.15) is 32.3 Å². The van der Waals surface area contributed by atoms with Crippen LogP contribution in [0, 0.1) is 0 Å². The summed E-state index contributed by atoms with van der Waals surface area (Å²) in [6.45, 7) is 5.68. The van der Waals surface area contributed by atoms with Crippen molar-refractivity contribution >= 4 is 0 Å². The minimum atomic E-state index is -0.560. The largest absolute Gasteiger partial charge is 0.391 e. The fourth-order valence-electron chi connectivity index (χ4n) is 1.58. The summed E-state index contributed by atoms with van der Waals surface area (Å²) in [5, 5.41) is 9.98. The first kappa shape index (κ1) is 11.2. The predicted molar refractivity (Wildman–Crippen MR) is 59.1 cm³/mol. The monoisotopic (exact) mass is 193 g/mol. The zero-order valence-electron chi connectivity index (χ0n) is 9.07. The summed E-state index contributed by atoms with van der Waals surface area (Å²) in [5.74, 6) is 0.0659. The molecule has 14 heavy (non-hydrogen) atoms. The van der Waals surface area contributed by atoms with Crippen LogP contribution in [0.25, 0.3) is 0 Å². The maximum Gasteiger partial charge on any atom is 0.0779 e. The molecule has 0 amide bonds. The van der Waals surface area contributed by atoms with Gasteiger partial charge in [0.25, 0.3) is 0 Å². The second-order valence-corrected chi connectivity index (χ2v) is 4.47. The Bertz CT molecular complexity index is 276. The summed E-state index contributed by atoms with van der Waals surface area (Å²) in [6.07, 6.45) is -0.523. The number of benzene rings is 1. The van der Waals surface area contributed by atoms with E-state index in [1.54, 1.807) is 0 Å². The lowest BCUT2D eigenvalue weighted by Crippen LogP contribution is -2.47. The summed E-state index contributed by atoms with van der Waals surface area (Å²) in [4.78, 5) is 0. The molecule has 2 unspecified atom stereocenters. The van der Waals surface area contributed by atoms with Gasteiger partial charge in [-0.2, -0.15) is 0 Å². The molecule has 1 rings (SSSR count). The molecule has 1 aromatic rings. The molecule has 1 aromatic carbocycles. The van der Waals surface area contributed by atoms with E-state index >= 15 is 0 Å². The molecule has 0 fully saturated rings. The summed E-state index contributed by atoms with van der Waals surface area (Å²) in [5.41, 5.74) is 6.43. The van der Waals surface area contributed by atoms with Crippen molar-refractivity contribution in [3.63, 3.8) is 0 Å². The van der Waals surface area contributed by atoms with Crippen LogP contribution < -0.4 is 5.73 Å². The molecule has 78 valence electrons. The second-order valence-electron chi connectivity index (χ2n) is 4.47. The second kappa shape index (κ2) is 4.11. The maximum absolute atomic E-state index is 9.98.